The smallest absolute Gasteiger partial charge is 0.255 e. The number of benzene rings is 1. The second-order valence-electron chi connectivity index (χ2n) is 7.84. The number of piperidine rings is 1. The van der Waals surface area contributed by atoms with Crippen molar-refractivity contribution in [3.8, 4) is 5.69 Å². The predicted molar refractivity (Wildman–Crippen MR) is 102 cm³/mol. The fourth-order valence-corrected chi connectivity index (χ4v) is 4.44. The summed E-state index contributed by atoms with van der Waals surface area (Å²) in [6.45, 7) is 3.26. The highest BCUT2D eigenvalue weighted by atomic mass is 16.2. The molecule has 9 nitrogen and oxygen atoms in total. The lowest BCUT2D eigenvalue weighted by molar-refractivity contribution is -0.136. The summed E-state index contributed by atoms with van der Waals surface area (Å²) in [5, 5.41) is 10.9. The van der Waals surface area contributed by atoms with E-state index in [1.165, 1.54) is 12.8 Å². The quantitative estimate of drug-likeness (QED) is 0.764. The Balaban J connectivity index is 1.40. The molecule has 2 saturated heterocycles. The maximum absolute atomic E-state index is 13.0. The van der Waals surface area contributed by atoms with Gasteiger partial charge in [-0.2, -0.15) is 0 Å². The van der Waals surface area contributed by atoms with Gasteiger partial charge < -0.3 is 4.90 Å². The van der Waals surface area contributed by atoms with Gasteiger partial charge in [0.2, 0.25) is 11.8 Å². The van der Waals surface area contributed by atoms with Crippen LogP contribution in [0.4, 0.5) is 0 Å². The molecule has 2 aromatic rings. The molecule has 1 unspecified atom stereocenters. The molecule has 9 heteroatoms. The van der Waals surface area contributed by atoms with Crippen molar-refractivity contribution in [2.45, 2.75) is 44.8 Å². The van der Waals surface area contributed by atoms with E-state index in [9.17, 15) is 14.4 Å². The summed E-state index contributed by atoms with van der Waals surface area (Å²) in [6, 6.07) is 4.88. The highest BCUT2D eigenvalue weighted by Crippen LogP contribution is 2.31. The van der Waals surface area contributed by atoms with Crippen LogP contribution in [-0.2, 0) is 22.7 Å². The van der Waals surface area contributed by atoms with E-state index < -0.39 is 11.9 Å². The number of aromatic nitrogens is 3. The SMILES string of the molecule is O=C1CCC(N2Cc3c(cccc3-n3cc(CN4CCCC4)nn3)C2=O)C(=O)N1. The molecule has 1 N–H and O–H groups in total. The van der Waals surface area contributed by atoms with Crippen molar-refractivity contribution in [2.24, 2.45) is 0 Å². The minimum atomic E-state index is -0.623. The Labute approximate surface area is 167 Å². The van der Waals surface area contributed by atoms with Crippen molar-refractivity contribution < 1.29 is 14.4 Å². The van der Waals surface area contributed by atoms with Gasteiger partial charge in [-0.3, -0.25) is 24.6 Å². The standard InChI is InChI=1S/C20H22N6O3/c27-18-7-6-17(19(28)21-18)25-12-15-14(20(25)29)4-3-5-16(15)26-11-13(22-23-26)10-24-8-1-2-9-24/h3-5,11,17H,1-2,6-10,12H2,(H,21,27,28). The molecule has 1 atom stereocenters. The third-order valence-electron chi connectivity index (χ3n) is 5.93. The molecule has 5 rings (SSSR count). The van der Waals surface area contributed by atoms with Gasteiger partial charge in [0, 0.05) is 30.6 Å². The van der Waals surface area contributed by atoms with Gasteiger partial charge in [-0.25, -0.2) is 4.68 Å². The lowest BCUT2D eigenvalue weighted by Crippen LogP contribution is -2.52. The summed E-state index contributed by atoms with van der Waals surface area (Å²) in [4.78, 5) is 40.6. The Morgan fingerprint density at radius 3 is 2.76 bits per heavy atom. The molecule has 0 spiro atoms. The molecule has 3 aliphatic rings. The molecule has 150 valence electrons. The molecule has 3 aliphatic heterocycles. The molecule has 1 aromatic carbocycles. The lowest BCUT2D eigenvalue weighted by Gasteiger charge is -2.29. The number of rotatable bonds is 4. The van der Waals surface area contributed by atoms with E-state index in [0.717, 1.165) is 36.6 Å². The van der Waals surface area contributed by atoms with Gasteiger partial charge in [0.25, 0.3) is 5.91 Å². The molecular weight excluding hydrogens is 372 g/mol. The van der Waals surface area contributed by atoms with Crippen LogP contribution in [0.1, 0.15) is 47.3 Å². The van der Waals surface area contributed by atoms with Crippen molar-refractivity contribution in [3.63, 3.8) is 0 Å². The minimum absolute atomic E-state index is 0.186. The Morgan fingerprint density at radius 2 is 1.97 bits per heavy atom. The van der Waals surface area contributed by atoms with Crippen molar-refractivity contribution >= 4 is 17.7 Å². The number of fused-ring (bicyclic) bond motifs is 1. The number of hydrogen-bond acceptors (Lipinski definition) is 6. The highest BCUT2D eigenvalue weighted by Gasteiger charge is 2.40. The Morgan fingerprint density at radius 1 is 1.14 bits per heavy atom. The number of carbonyl (C=O) groups is 3. The summed E-state index contributed by atoms with van der Waals surface area (Å²) in [7, 11) is 0. The molecule has 0 bridgehead atoms. The van der Waals surface area contributed by atoms with E-state index in [1.54, 1.807) is 15.6 Å². The van der Waals surface area contributed by atoms with Crippen LogP contribution in [0.15, 0.2) is 24.4 Å². The summed E-state index contributed by atoms with van der Waals surface area (Å²) in [6.07, 6.45) is 4.94. The van der Waals surface area contributed by atoms with Crippen LogP contribution in [-0.4, -0.2) is 61.6 Å². The Bertz CT molecular complexity index is 994. The van der Waals surface area contributed by atoms with E-state index in [1.807, 2.05) is 18.3 Å². The fourth-order valence-electron chi connectivity index (χ4n) is 4.44. The van der Waals surface area contributed by atoms with Crippen molar-refractivity contribution in [1.29, 1.82) is 0 Å². The number of nitrogens with one attached hydrogen (secondary N) is 1. The van der Waals surface area contributed by atoms with E-state index in [-0.39, 0.29) is 18.2 Å². The highest BCUT2D eigenvalue weighted by molar-refractivity contribution is 6.05. The molecule has 29 heavy (non-hydrogen) atoms. The number of likely N-dealkylation sites (tertiary alicyclic amines) is 1. The van der Waals surface area contributed by atoms with E-state index in [4.69, 9.17) is 0 Å². The van der Waals surface area contributed by atoms with Crippen molar-refractivity contribution in [3.05, 3.63) is 41.2 Å². The summed E-state index contributed by atoms with van der Waals surface area (Å²) in [5.74, 6) is -0.879. The molecular formula is C20H22N6O3. The van der Waals surface area contributed by atoms with E-state index >= 15 is 0 Å². The van der Waals surface area contributed by atoms with E-state index in [0.29, 0.717) is 18.5 Å². The second kappa shape index (κ2) is 7.07. The van der Waals surface area contributed by atoms with Crippen LogP contribution >= 0.6 is 0 Å². The zero-order valence-electron chi connectivity index (χ0n) is 16.0. The second-order valence-corrected chi connectivity index (χ2v) is 7.84. The maximum Gasteiger partial charge on any atom is 0.255 e. The first-order chi connectivity index (χ1) is 14.1. The molecule has 3 amide bonds. The van der Waals surface area contributed by atoms with Crippen LogP contribution in [0.25, 0.3) is 5.69 Å². The third-order valence-corrected chi connectivity index (χ3v) is 5.93. The normalized spacial score (nSPS) is 22.3. The monoisotopic (exact) mass is 394 g/mol. The summed E-state index contributed by atoms with van der Waals surface area (Å²) in [5.41, 5.74) is 3.10. The number of imide groups is 1. The average molecular weight is 394 g/mol. The Hall–Kier alpha value is -3.07. The van der Waals surface area contributed by atoms with Gasteiger partial charge in [0.1, 0.15) is 6.04 Å². The first kappa shape index (κ1) is 18.0. The van der Waals surface area contributed by atoms with Crippen LogP contribution < -0.4 is 5.32 Å². The molecule has 0 radical (unpaired) electrons. The first-order valence-corrected chi connectivity index (χ1v) is 10.0. The zero-order valence-corrected chi connectivity index (χ0v) is 16.0. The van der Waals surface area contributed by atoms with Crippen LogP contribution in [0.5, 0.6) is 0 Å². The number of carbonyl (C=O) groups excluding carboxylic acids is 3. The number of nitrogens with zero attached hydrogens (tertiary/aromatic N) is 5. The topological polar surface area (TPSA) is 100 Å². The Kier molecular flexibility index (Phi) is 4.39. The van der Waals surface area contributed by atoms with Gasteiger partial charge in [0.15, 0.2) is 0 Å². The average Bonchev–Trinajstić information content (AvgIpc) is 3.44. The largest absolute Gasteiger partial charge is 0.322 e. The zero-order chi connectivity index (χ0) is 20.0. The summed E-state index contributed by atoms with van der Waals surface area (Å²) < 4.78 is 1.71. The van der Waals surface area contributed by atoms with Crippen LogP contribution in [0.2, 0.25) is 0 Å². The number of hydrogen-bond donors (Lipinski definition) is 1. The summed E-state index contributed by atoms with van der Waals surface area (Å²) >= 11 is 0. The van der Waals surface area contributed by atoms with Crippen molar-refractivity contribution in [2.75, 3.05) is 13.1 Å². The first-order valence-electron chi connectivity index (χ1n) is 10.0. The molecule has 0 saturated carbocycles. The molecule has 0 aliphatic carbocycles. The molecule has 1 aromatic heterocycles. The van der Waals surface area contributed by atoms with Crippen molar-refractivity contribution in [1.82, 2.24) is 30.1 Å². The molecule has 4 heterocycles. The third kappa shape index (κ3) is 3.21. The molecule has 2 fully saturated rings. The van der Waals surface area contributed by atoms with E-state index in [2.05, 4.69) is 20.5 Å². The predicted octanol–water partition coefficient (Wildman–Crippen LogP) is 0.624. The number of amides is 3. The van der Waals surface area contributed by atoms with Gasteiger partial charge in [-0.05, 0) is 44.5 Å². The fraction of sp³-hybridized carbons (Fsp3) is 0.450. The lowest BCUT2D eigenvalue weighted by atomic mass is 10.0. The van der Waals surface area contributed by atoms with Gasteiger partial charge in [-0.1, -0.05) is 11.3 Å². The minimum Gasteiger partial charge on any atom is -0.322 e. The van der Waals surface area contributed by atoms with Gasteiger partial charge in [-0.15, -0.1) is 5.10 Å². The van der Waals surface area contributed by atoms with Crippen LogP contribution in [0, 0.1) is 0 Å². The van der Waals surface area contributed by atoms with Gasteiger partial charge >= 0.3 is 0 Å². The van der Waals surface area contributed by atoms with Crippen LogP contribution in [0.3, 0.4) is 0 Å². The van der Waals surface area contributed by atoms with Gasteiger partial charge in [0.05, 0.1) is 17.6 Å². The maximum atomic E-state index is 13.0.